The van der Waals surface area contributed by atoms with Gasteiger partial charge in [0.25, 0.3) is 0 Å². The lowest BCUT2D eigenvalue weighted by Gasteiger charge is -2.09. The van der Waals surface area contributed by atoms with Gasteiger partial charge in [0.15, 0.2) is 0 Å². The molecule has 0 fully saturated rings. The van der Waals surface area contributed by atoms with E-state index >= 15 is 0 Å². The van der Waals surface area contributed by atoms with Crippen molar-refractivity contribution in [3.8, 4) is 0 Å². The van der Waals surface area contributed by atoms with Gasteiger partial charge in [0.05, 0.1) is 0 Å². The lowest BCUT2D eigenvalue weighted by Crippen LogP contribution is -2.23. The van der Waals surface area contributed by atoms with Crippen LogP contribution in [0.1, 0.15) is 218 Å². The zero-order valence-electron chi connectivity index (χ0n) is 30.8. The summed E-state index contributed by atoms with van der Waals surface area (Å²) in [6.07, 6.45) is 38.5. The van der Waals surface area contributed by atoms with Gasteiger partial charge in [-0.1, -0.05) is 205 Å². The van der Waals surface area contributed by atoms with E-state index in [-0.39, 0.29) is 11.8 Å². The van der Waals surface area contributed by atoms with Gasteiger partial charge < -0.3 is 10.6 Å². The van der Waals surface area contributed by atoms with E-state index in [1.807, 2.05) is 18.2 Å². The summed E-state index contributed by atoms with van der Waals surface area (Å²) in [5, 5.41) is 6.16. The molecule has 0 unspecified atom stereocenters. The van der Waals surface area contributed by atoms with Crippen molar-refractivity contribution in [3.63, 3.8) is 0 Å². The summed E-state index contributed by atoms with van der Waals surface area (Å²) in [6, 6.07) is 8.21. The van der Waals surface area contributed by atoms with Crippen molar-refractivity contribution in [2.75, 3.05) is 0 Å². The Hall–Kier alpha value is -1.84. The van der Waals surface area contributed by atoms with E-state index in [0.717, 1.165) is 36.8 Å². The number of hydrogen-bond acceptors (Lipinski definition) is 2. The Bertz CT molecular complexity index is 760. The third-order valence-electron chi connectivity index (χ3n) is 9.49. The second-order valence-electron chi connectivity index (χ2n) is 14.1. The number of amides is 2. The molecule has 0 bridgehead atoms. The van der Waals surface area contributed by atoms with Crippen molar-refractivity contribution in [2.24, 2.45) is 0 Å². The average Bonchev–Trinajstić information content (AvgIpc) is 3.07. The van der Waals surface area contributed by atoms with Gasteiger partial charge in [-0.15, -0.1) is 0 Å². The molecule has 0 aliphatic rings. The summed E-state index contributed by atoms with van der Waals surface area (Å²) in [5.74, 6) is 0.289. The molecule has 0 aliphatic carbocycles. The van der Waals surface area contributed by atoms with Gasteiger partial charge in [0.1, 0.15) is 0 Å². The first-order valence-electron chi connectivity index (χ1n) is 20.3. The van der Waals surface area contributed by atoms with Gasteiger partial charge in [-0.3, -0.25) is 9.59 Å². The smallest absolute Gasteiger partial charge is 0.220 e. The molecular weight excluding hydrogens is 564 g/mol. The van der Waals surface area contributed by atoms with Crippen LogP contribution in [0.2, 0.25) is 0 Å². The maximum Gasteiger partial charge on any atom is 0.220 e. The van der Waals surface area contributed by atoms with Crippen molar-refractivity contribution < 1.29 is 9.59 Å². The van der Waals surface area contributed by atoms with Crippen LogP contribution in [0.5, 0.6) is 0 Å². The zero-order chi connectivity index (χ0) is 33.2. The maximum atomic E-state index is 12.3. The van der Waals surface area contributed by atoms with E-state index in [1.165, 1.54) is 154 Å². The van der Waals surface area contributed by atoms with Gasteiger partial charge in [-0.05, 0) is 24.0 Å². The summed E-state index contributed by atoms with van der Waals surface area (Å²) in [4.78, 5) is 24.7. The van der Waals surface area contributed by atoms with Crippen LogP contribution in [-0.2, 0) is 22.7 Å². The molecule has 266 valence electrons. The minimum absolute atomic E-state index is 0.144. The normalized spacial score (nSPS) is 11.2. The van der Waals surface area contributed by atoms with Gasteiger partial charge in [0.2, 0.25) is 11.8 Å². The third kappa shape index (κ3) is 28.4. The average molecular weight is 641 g/mol. The van der Waals surface area contributed by atoms with E-state index in [4.69, 9.17) is 0 Å². The van der Waals surface area contributed by atoms with Crippen molar-refractivity contribution in [1.29, 1.82) is 0 Å². The van der Waals surface area contributed by atoms with Crippen molar-refractivity contribution in [3.05, 3.63) is 35.4 Å². The zero-order valence-corrected chi connectivity index (χ0v) is 30.8. The lowest BCUT2D eigenvalue weighted by molar-refractivity contribution is -0.122. The number of carbonyl (C=O) groups is 2. The molecule has 1 rings (SSSR count). The molecule has 0 aliphatic heterocycles. The first kappa shape index (κ1) is 42.2. The maximum absolute atomic E-state index is 12.3. The molecule has 4 heteroatoms. The van der Waals surface area contributed by atoms with Crippen LogP contribution in [0.15, 0.2) is 24.3 Å². The monoisotopic (exact) mass is 641 g/mol. The first-order chi connectivity index (χ1) is 22.7. The predicted molar refractivity (Wildman–Crippen MR) is 200 cm³/mol. The molecular formula is C42H76N2O2. The quantitative estimate of drug-likeness (QED) is 0.0736. The number of benzene rings is 1. The number of hydrogen-bond donors (Lipinski definition) is 2. The fourth-order valence-electron chi connectivity index (χ4n) is 6.39. The fourth-order valence-corrected chi connectivity index (χ4v) is 6.39. The molecule has 2 amide bonds. The molecule has 1 aromatic rings. The van der Waals surface area contributed by atoms with Crippen LogP contribution in [0.3, 0.4) is 0 Å². The van der Waals surface area contributed by atoms with Crippen molar-refractivity contribution >= 4 is 11.8 Å². The van der Waals surface area contributed by atoms with Crippen LogP contribution < -0.4 is 10.6 Å². The summed E-state index contributed by atoms with van der Waals surface area (Å²) in [5.41, 5.74) is 2.18. The Morgan fingerprint density at radius 3 is 0.957 bits per heavy atom. The predicted octanol–water partition coefficient (Wildman–Crippen LogP) is 12.7. The van der Waals surface area contributed by atoms with E-state index in [2.05, 4.69) is 30.5 Å². The largest absolute Gasteiger partial charge is 0.352 e. The summed E-state index contributed by atoms with van der Waals surface area (Å²) < 4.78 is 0. The topological polar surface area (TPSA) is 58.2 Å². The Labute approximate surface area is 286 Å². The second kappa shape index (κ2) is 33.1. The highest BCUT2D eigenvalue weighted by Gasteiger charge is 2.05. The highest BCUT2D eigenvalue weighted by atomic mass is 16.2. The summed E-state index contributed by atoms with van der Waals surface area (Å²) in [6.45, 7) is 5.67. The number of unbranched alkanes of at least 4 members (excludes halogenated alkanes) is 26. The Morgan fingerprint density at radius 1 is 0.413 bits per heavy atom. The molecule has 0 spiro atoms. The lowest BCUT2D eigenvalue weighted by atomic mass is 10.0. The van der Waals surface area contributed by atoms with E-state index in [0.29, 0.717) is 25.9 Å². The summed E-state index contributed by atoms with van der Waals surface area (Å²) >= 11 is 0. The Kier molecular flexibility index (Phi) is 30.3. The van der Waals surface area contributed by atoms with Gasteiger partial charge in [-0.2, -0.15) is 0 Å². The molecule has 4 nitrogen and oxygen atoms in total. The van der Waals surface area contributed by atoms with Crippen LogP contribution >= 0.6 is 0 Å². The second-order valence-corrected chi connectivity index (χ2v) is 14.1. The highest BCUT2D eigenvalue weighted by molar-refractivity contribution is 5.76. The molecule has 0 radical (unpaired) electrons. The minimum atomic E-state index is 0.144. The molecule has 0 atom stereocenters. The van der Waals surface area contributed by atoms with Crippen LogP contribution in [-0.4, -0.2) is 11.8 Å². The van der Waals surface area contributed by atoms with Crippen LogP contribution in [0.25, 0.3) is 0 Å². The molecule has 1 aromatic carbocycles. The molecule has 46 heavy (non-hydrogen) atoms. The van der Waals surface area contributed by atoms with E-state index < -0.39 is 0 Å². The van der Waals surface area contributed by atoms with E-state index in [9.17, 15) is 9.59 Å². The SMILES string of the molecule is CCCCCCCCCCCCCCCCC(=O)NCc1cccc(CNC(=O)CCCCCCCCCCCCCCCC)c1. The molecule has 0 saturated carbocycles. The molecule has 0 heterocycles. The van der Waals surface area contributed by atoms with Gasteiger partial charge >= 0.3 is 0 Å². The molecule has 0 aromatic heterocycles. The van der Waals surface area contributed by atoms with Crippen molar-refractivity contribution in [1.82, 2.24) is 10.6 Å². The van der Waals surface area contributed by atoms with Crippen LogP contribution in [0, 0.1) is 0 Å². The highest BCUT2D eigenvalue weighted by Crippen LogP contribution is 2.15. The summed E-state index contributed by atoms with van der Waals surface area (Å²) in [7, 11) is 0. The van der Waals surface area contributed by atoms with Gasteiger partial charge in [0, 0.05) is 25.9 Å². The molecule has 2 N–H and O–H groups in total. The van der Waals surface area contributed by atoms with E-state index in [1.54, 1.807) is 0 Å². The van der Waals surface area contributed by atoms with Crippen molar-refractivity contribution in [2.45, 2.75) is 220 Å². The number of rotatable bonds is 34. The fraction of sp³-hybridized carbons (Fsp3) is 0.810. The van der Waals surface area contributed by atoms with Gasteiger partial charge in [-0.25, -0.2) is 0 Å². The number of carbonyl (C=O) groups excluding carboxylic acids is 2. The third-order valence-corrected chi connectivity index (χ3v) is 9.49. The Balaban J connectivity index is 1.96. The standard InChI is InChI=1S/C42H76N2O2/c1-3-5-7-9-11-13-15-17-19-21-23-25-27-29-34-41(45)43-37-39-32-31-33-40(36-39)38-44-42(46)35-30-28-26-24-22-20-18-16-14-12-10-8-6-4-2/h31-33,36H,3-30,34-35,37-38H2,1-2H3,(H,43,45)(H,44,46). The van der Waals surface area contributed by atoms with Crippen LogP contribution in [0.4, 0.5) is 0 Å². The minimum Gasteiger partial charge on any atom is -0.352 e. The Morgan fingerprint density at radius 2 is 0.674 bits per heavy atom. The first-order valence-corrected chi connectivity index (χ1v) is 20.3. The number of nitrogens with one attached hydrogen (secondary N) is 2. The molecule has 0 saturated heterocycles.